The predicted octanol–water partition coefficient (Wildman–Crippen LogP) is 4.35. The molecule has 0 aliphatic carbocycles. The zero-order valence-electron chi connectivity index (χ0n) is 15.1. The molecule has 1 aliphatic rings. The zero-order chi connectivity index (χ0) is 19.7. The number of aromatic nitrogens is 2. The van der Waals surface area contributed by atoms with Gasteiger partial charge in [0.05, 0.1) is 23.8 Å². The molecule has 1 aliphatic heterocycles. The van der Waals surface area contributed by atoms with Gasteiger partial charge in [-0.05, 0) is 36.8 Å². The van der Waals surface area contributed by atoms with E-state index < -0.39 is 5.92 Å². The Bertz CT molecular complexity index is 1100. The minimum absolute atomic E-state index is 0.0519. The Labute approximate surface area is 167 Å². The first kappa shape index (κ1) is 18.0. The Hall–Kier alpha value is -3.43. The first-order valence-corrected chi connectivity index (χ1v) is 9.14. The van der Waals surface area contributed by atoms with Gasteiger partial charge in [0, 0.05) is 10.6 Å². The van der Waals surface area contributed by atoms with E-state index in [1.165, 1.54) is 0 Å². The van der Waals surface area contributed by atoms with Gasteiger partial charge >= 0.3 is 0 Å². The van der Waals surface area contributed by atoms with Crippen LogP contribution in [0, 0.1) is 11.3 Å². The molecule has 0 bridgehead atoms. The van der Waals surface area contributed by atoms with Gasteiger partial charge in [0.15, 0.2) is 0 Å². The Morgan fingerprint density at radius 3 is 2.79 bits per heavy atom. The molecule has 3 N–H and O–H groups in total. The lowest BCUT2D eigenvalue weighted by atomic mass is 9.83. The quantitative estimate of drug-likeness (QED) is 0.688. The van der Waals surface area contributed by atoms with Gasteiger partial charge in [-0.1, -0.05) is 35.9 Å². The molecule has 6 nitrogen and oxygen atoms in total. The van der Waals surface area contributed by atoms with Crippen LogP contribution >= 0.6 is 11.6 Å². The van der Waals surface area contributed by atoms with E-state index >= 15 is 0 Å². The normalized spacial score (nSPS) is 15.5. The molecule has 0 fully saturated rings. The molecule has 28 heavy (non-hydrogen) atoms. The third kappa shape index (κ3) is 3.06. The van der Waals surface area contributed by atoms with Gasteiger partial charge in [0.2, 0.25) is 11.8 Å². The Kier molecular flexibility index (Phi) is 4.68. The summed E-state index contributed by atoms with van der Waals surface area (Å²) in [7, 11) is 0. The van der Waals surface area contributed by atoms with Crippen molar-refractivity contribution in [2.24, 2.45) is 5.73 Å². The summed E-state index contributed by atoms with van der Waals surface area (Å²) in [4.78, 5) is 0. The minimum atomic E-state index is -0.421. The fraction of sp³-hybridized carbons (Fsp3) is 0.143. The minimum Gasteiger partial charge on any atom is -0.494 e. The smallest absolute Gasteiger partial charge is 0.244 e. The fourth-order valence-electron chi connectivity index (χ4n) is 3.36. The van der Waals surface area contributed by atoms with Crippen LogP contribution in [0.2, 0.25) is 5.02 Å². The highest BCUT2D eigenvalue weighted by atomic mass is 35.5. The lowest BCUT2D eigenvalue weighted by Crippen LogP contribution is -2.20. The standard InChI is InChI=1S/C21H17ClN4O2/c1-2-27-15-5-3-4-13(10-15)19-18-17(12-6-8-14(22)9-7-12)16(11-23)20(24)28-21(18)26-25-19/h3-10,17H,2,24H2,1H3,(H,25,26). The third-order valence-electron chi connectivity index (χ3n) is 4.58. The monoisotopic (exact) mass is 392 g/mol. The number of nitrogens with zero attached hydrogens (tertiary/aromatic N) is 2. The maximum absolute atomic E-state index is 9.74. The summed E-state index contributed by atoms with van der Waals surface area (Å²) in [6, 6.07) is 17.2. The van der Waals surface area contributed by atoms with Crippen molar-refractivity contribution in [2.45, 2.75) is 12.8 Å². The van der Waals surface area contributed by atoms with Crippen molar-refractivity contribution in [2.75, 3.05) is 6.61 Å². The van der Waals surface area contributed by atoms with Crippen LogP contribution in [0.15, 0.2) is 60.0 Å². The van der Waals surface area contributed by atoms with Crippen molar-refractivity contribution >= 4 is 11.6 Å². The highest BCUT2D eigenvalue weighted by molar-refractivity contribution is 6.30. The molecule has 2 aromatic carbocycles. The molecular weight excluding hydrogens is 376 g/mol. The lowest BCUT2D eigenvalue weighted by molar-refractivity contribution is 0.340. The largest absolute Gasteiger partial charge is 0.494 e. The second-order valence-corrected chi connectivity index (χ2v) is 6.69. The first-order valence-electron chi connectivity index (χ1n) is 8.77. The van der Waals surface area contributed by atoms with E-state index in [2.05, 4.69) is 16.3 Å². The maximum Gasteiger partial charge on any atom is 0.244 e. The van der Waals surface area contributed by atoms with Crippen LogP contribution in [0.4, 0.5) is 0 Å². The Balaban J connectivity index is 1.90. The molecule has 4 rings (SSSR count). The van der Waals surface area contributed by atoms with Crippen molar-refractivity contribution in [3.05, 3.63) is 76.1 Å². The number of fused-ring (bicyclic) bond motifs is 1. The van der Waals surface area contributed by atoms with E-state index in [1.54, 1.807) is 12.1 Å². The number of hydrogen-bond donors (Lipinski definition) is 2. The van der Waals surface area contributed by atoms with Crippen molar-refractivity contribution < 1.29 is 9.47 Å². The van der Waals surface area contributed by atoms with Gasteiger partial charge in [-0.15, -0.1) is 5.10 Å². The van der Waals surface area contributed by atoms with Gasteiger partial charge < -0.3 is 15.2 Å². The van der Waals surface area contributed by atoms with E-state index in [1.807, 2.05) is 43.3 Å². The first-order chi connectivity index (χ1) is 13.6. The molecule has 2 heterocycles. The van der Waals surface area contributed by atoms with E-state index in [-0.39, 0.29) is 5.88 Å². The molecule has 140 valence electrons. The summed E-state index contributed by atoms with van der Waals surface area (Å²) >= 11 is 6.04. The molecular formula is C21H17ClN4O2. The molecule has 0 saturated carbocycles. The average Bonchev–Trinajstić information content (AvgIpc) is 3.11. The summed E-state index contributed by atoms with van der Waals surface area (Å²) in [6.45, 7) is 2.50. The van der Waals surface area contributed by atoms with Crippen LogP contribution in [0.25, 0.3) is 11.3 Å². The molecule has 0 amide bonds. The zero-order valence-corrected chi connectivity index (χ0v) is 15.8. The van der Waals surface area contributed by atoms with Crippen LogP contribution in [0.3, 0.4) is 0 Å². The summed E-state index contributed by atoms with van der Waals surface area (Å²) in [5.74, 6) is 0.735. The van der Waals surface area contributed by atoms with E-state index in [9.17, 15) is 5.26 Å². The molecule has 1 aromatic heterocycles. The van der Waals surface area contributed by atoms with E-state index in [0.717, 1.165) is 28.1 Å². The number of ether oxygens (including phenoxy) is 2. The highest BCUT2D eigenvalue weighted by Gasteiger charge is 2.35. The number of nitrogens with two attached hydrogens (primary N) is 1. The summed E-state index contributed by atoms with van der Waals surface area (Å²) < 4.78 is 11.2. The molecule has 1 atom stereocenters. The number of halogens is 1. The van der Waals surface area contributed by atoms with E-state index in [4.69, 9.17) is 26.8 Å². The number of hydrogen-bond acceptors (Lipinski definition) is 5. The number of benzene rings is 2. The van der Waals surface area contributed by atoms with Crippen LogP contribution in [-0.4, -0.2) is 16.8 Å². The number of nitriles is 1. The predicted molar refractivity (Wildman–Crippen MR) is 106 cm³/mol. The number of nitrogens with one attached hydrogen (secondary N) is 1. The van der Waals surface area contributed by atoms with Gasteiger partial charge in [0.25, 0.3) is 0 Å². The van der Waals surface area contributed by atoms with Gasteiger partial charge in [-0.3, -0.25) is 5.10 Å². The Morgan fingerprint density at radius 2 is 2.07 bits per heavy atom. The molecule has 0 saturated heterocycles. The van der Waals surface area contributed by atoms with Crippen LogP contribution in [0.5, 0.6) is 11.6 Å². The second-order valence-electron chi connectivity index (χ2n) is 6.25. The van der Waals surface area contributed by atoms with Gasteiger partial charge in [-0.25, -0.2) is 0 Å². The SMILES string of the molecule is CCOc1cccc(-c2[nH]nc3c2C(c2ccc(Cl)cc2)C(C#N)=C(N)O3)c1. The summed E-state index contributed by atoms with van der Waals surface area (Å²) in [6.07, 6.45) is 0. The van der Waals surface area contributed by atoms with Gasteiger partial charge in [0.1, 0.15) is 17.4 Å². The molecule has 3 aromatic rings. The third-order valence-corrected chi connectivity index (χ3v) is 4.83. The summed E-state index contributed by atoms with van der Waals surface area (Å²) in [5.41, 5.74) is 9.59. The number of rotatable bonds is 4. The van der Waals surface area contributed by atoms with Crippen LogP contribution in [0.1, 0.15) is 24.0 Å². The highest BCUT2D eigenvalue weighted by Crippen LogP contribution is 2.46. The van der Waals surface area contributed by atoms with Crippen LogP contribution in [-0.2, 0) is 0 Å². The maximum atomic E-state index is 9.74. The van der Waals surface area contributed by atoms with Crippen molar-refractivity contribution in [3.63, 3.8) is 0 Å². The Morgan fingerprint density at radius 1 is 1.29 bits per heavy atom. The average molecular weight is 393 g/mol. The number of aromatic amines is 1. The van der Waals surface area contributed by atoms with Gasteiger partial charge in [-0.2, -0.15) is 5.26 Å². The topological polar surface area (TPSA) is 97.0 Å². The molecule has 0 radical (unpaired) electrons. The second kappa shape index (κ2) is 7.29. The van der Waals surface area contributed by atoms with Crippen molar-refractivity contribution in [3.8, 4) is 29.0 Å². The van der Waals surface area contributed by atoms with Crippen molar-refractivity contribution in [1.29, 1.82) is 5.26 Å². The number of allylic oxidation sites excluding steroid dienone is 1. The lowest BCUT2D eigenvalue weighted by Gasteiger charge is -2.24. The fourth-order valence-corrected chi connectivity index (χ4v) is 3.49. The van der Waals surface area contributed by atoms with Crippen LogP contribution < -0.4 is 15.2 Å². The van der Waals surface area contributed by atoms with Crippen molar-refractivity contribution in [1.82, 2.24) is 10.2 Å². The molecule has 7 heteroatoms. The molecule has 1 unspecified atom stereocenters. The van der Waals surface area contributed by atoms with E-state index in [0.29, 0.717) is 23.1 Å². The number of H-pyrrole nitrogens is 1. The summed E-state index contributed by atoms with van der Waals surface area (Å²) in [5, 5.41) is 17.7. The molecule has 0 spiro atoms.